The summed E-state index contributed by atoms with van der Waals surface area (Å²) < 4.78 is 14.2. The largest absolute Gasteiger partial charge is 0.342 e. The van der Waals surface area contributed by atoms with E-state index in [2.05, 4.69) is 13.0 Å². The van der Waals surface area contributed by atoms with Crippen molar-refractivity contribution < 1.29 is 4.39 Å². The smallest absolute Gasteiger partial charge is 0.147 e. The van der Waals surface area contributed by atoms with E-state index >= 15 is 0 Å². The van der Waals surface area contributed by atoms with Crippen LogP contribution in [0, 0.1) is 19.7 Å². The lowest BCUT2D eigenvalue weighted by atomic mass is 10.1. The molecule has 106 valence electrons. The van der Waals surface area contributed by atoms with Crippen LogP contribution in [0.4, 0.5) is 15.8 Å². The Bertz CT molecular complexity index is 608. The van der Waals surface area contributed by atoms with Crippen molar-refractivity contribution in [3.63, 3.8) is 0 Å². The molecule has 0 saturated heterocycles. The van der Waals surface area contributed by atoms with E-state index in [0.717, 1.165) is 16.8 Å². The molecule has 20 heavy (non-hydrogen) atoms. The Labute approximate surface area is 120 Å². The van der Waals surface area contributed by atoms with Crippen molar-refractivity contribution >= 4 is 11.4 Å². The molecule has 0 aromatic heterocycles. The van der Waals surface area contributed by atoms with E-state index in [-0.39, 0.29) is 5.82 Å². The summed E-state index contributed by atoms with van der Waals surface area (Å²) in [5.41, 5.74) is 10.4. The predicted molar refractivity (Wildman–Crippen MR) is 83.1 cm³/mol. The molecule has 0 aliphatic heterocycles. The molecular weight excluding hydrogens is 251 g/mol. The van der Waals surface area contributed by atoms with Gasteiger partial charge in [-0.15, -0.1) is 0 Å². The van der Waals surface area contributed by atoms with Crippen molar-refractivity contribution in [3.8, 4) is 0 Å². The molecule has 0 amide bonds. The maximum atomic E-state index is 14.2. The summed E-state index contributed by atoms with van der Waals surface area (Å²) in [6.45, 7) is 4.63. The number of hydrogen-bond donors (Lipinski definition) is 1. The molecule has 0 saturated carbocycles. The zero-order chi connectivity index (χ0) is 14.7. The minimum Gasteiger partial charge on any atom is -0.342 e. The highest BCUT2D eigenvalue weighted by atomic mass is 19.1. The van der Waals surface area contributed by atoms with Gasteiger partial charge in [-0.05, 0) is 56.1 Å². The van der Waals surface area contributed by atoms with Gasteiger partial charge < -0.3 is 10.6 Å². The number of anilines is 2. The van der Waals surface area contributed by atoms with Gasteiger partial charge in [0.25, 0.3) is 0 Å². The number of hydrogen-bond acceptors (Lipinski definition) is 2. The lowest BCUT2D eigenvalue weighted by molar-refractivity contribution is 0.625. The molecule has 0 spiro atoms. The molecule has 0 aliphatic rings. The number of halogens is 1. The van der Waals surface area contributed by atoms with Crippen molar-refractivity contribution in [1.29, 1.82) is 0 Å². The second-order valence-electron chi connectivity index (χ2n) is 5.17. The van der Waals surface area contributed by atoms with Gasteiger partial charge in [0.15, 0.2) is 0 Å². The predicted octanol–water partition coefficient (Wildman–Crippen LogP) is 3.71. The third-order valence-corrected chi connectivity index (χ3v) is 3.52. The second-order valence-corrected chi connectivity index (χ2v) is 5.17. The maximum Gasteiger partial charge on any atom is 0.147 e. The van der Waals surface area contributed by atoms with Crippen LogP contribution in [0.15, 0.2) is 36.4 Å². The monoisotopic (exact) mass is 272 g/mol. The molecule has 2 rings (SSSR count). The lowest BCUT2D eigenvalue weighted by Gasteiger charge is -2.23. The van der Waals surface area contributed by atoms with Gasteiger partial charge in [0.2, 0.25) is 0 Å². The van der Waals surface area contributed by atoms with E-state index in [9.17, 15) is 4.39 Å². The molecular formula is C17H21FN2. The Morgan fingerprint density at radius 3 is 2.35 bits per heavy atom. The third kappa shape index (κ3) is 2.99. The minimum atomic E-state index is -0.210. The van der Waals surface area contributed by atoms with E-state index in [1.165, 1.54) is 5.56 Å². The van der Waals surface area contributed by atoms with Crippen LogP contribution in [0.25, 0.3) is 0 Å². The number of benzene rings is 2. The summed E-state index contributed by atoms with van der Waals surface area (Å²) in [4.78, 5) is 1.89. The Morgan fingerprint density at radius 1 is 1.05 bits per heavy atom. The first kappa shape index (κ1) is 14.5. The van der Waals surface area contributed by atoms with Crippen LogP contribution in [-0.2, 0) is 6.42 Å². The quantitative estimate of drug-likeness (QED) is 0.919. The Balaban J connectivity index is 2.35. The first-order valence-electron chi connectivity index (χ1n) is 6.82. The Morgan fingerprint density at radius 2 is 1.75 bits per heavy atom. The Kier molecular flexibility index (Phi) is 4.40. The fraction of sp³-hybridized carbons (Fsp3) is 0.294. The summed E-state index contributed by atoms with van der Waals surface area (Å²) >= 11 is 0. The van der Waals surface area contributed by atoms with Crippen LogP contribution < -0.4 is 10.6 Å². The zero-order valence-corrected chi connectivity index (χ0v) is 12.3. The fourth-order valence-corrected chi connectivity index (χ4v) is 2.46. The van der Waals surface area contributed by atoms with Crippen LogP contribution >= 0.6 is 0 Å². The molecule has 0 bridgehead atoms. The normalized spacial score (nSPS) is 10.7. The van der Waals surface area contributed by atoms with Crippen molar-refractivity contribution in [2.45, 2.75) is 20.3 Å². The van der Waals surface area contributed by atoms with Gasteiger partial charge in [-0.3, -0.25) is 0 Å². The van der Waals surface area contributed by atoms with Crippen molar-refractivity contribution in [2.24, 2.45) is 5.73 Å². The summed E-state index contributed by atoms with van der Waals surface area (Å²) in [6.07, 6.45) is 0.699. The number of rotatable bonds is 4. The van der Waals surface area contributed by atoms with Crippen molar-refractivity contribution in [2.75, 3.05) is 18.5 Å². The third-order valence-electron chi connectivity index (χ3n) is 3.52. The lowest BCUT2D eigenvalue weighted by Crippen LogP contribution is -2.13. The highest BCUT2D eigenvalue weighted by Gasteiger charge is 2.12. The first-order valence-corrected chi connectivity index (χ1v) is 6.82. The molecule has 2 nitrogen and oxygen atoms in total. The maximum absolute atomic E-state index is 14.2. The number of aryl methyl sites for hydroxylation is 2. The van der Waals surface area contributed by atoms with Crippen LogP contribution in [0.2, 0.25) is 0 Å². The van der Waals surface area contributed by atoms with E-state index in [1.54, 1.807) is 6.07 Å². The van der Waals surface area contributed by atoms with Gasteiger partial charge in [0.1, 0.15) is 5.82 Å². The van der Waals surface area contributed by atoms with Gasteiger partial charge in [-0.2, -0.15) is 0 Å². The van der Waals surface area contributed by atoms with E-state index < -0.39 is 0 Å². The summed E-state index contributed by atoms with van der Waals surface area (Å²) in [5.74, 6) is -0.210. The SMILES string of the molecule is Cc1ccc(N(C)c2ccc(CCN)cc2F)c(C)c1. The first-order chi connectivity index (χ1) is 9.52. The van der Waals surface area contributed by atoms with Crippen molar-refractivity contribution in [3.05, 3.63) is 58.9 Å². The highest BCUT2D eigenvalue weighted by Crippen LogP contribution is 2.29. The van der Waals surface area contributed by atoms with Gasteiger partial charge >= 0.3 is 0 Å². The molecule has 3 heteroatoms. The van der Waals surface area contributed by atoms with Gasteiger partial charge in [-0.1, -0.05) is 23.8 Å². The summed E-state index contributed by atoms with van der Waals surface area (Å²) in [5, 5.41) is 0. The van der Waals surface area contributed by atoms with E-state index in [1.807, 2.05) is 43.1 Å². The number of nitrogens with two attached hydrogens (primary N) is 1. The molecule has 0 atom stereocenters. The molecule has 2 aromatic carbocycles. The van der Waals surface area contributed by atoms with E-state index in [4.69, 9.17) is 5.73 Å². The average Bonchev–Trinajstić information content (AvgIpc) is 2.38. The van der Waals surface area contributed by atoms with Gasteiger partial charge in [-0.25, -0.2) is 4.39 Å². The molecule has 0 aliphatic carbocycles. The average molecular weight is 272 g/mol. The molecule has 0 heterocycles. The molecule has 2 N–H and O–H groups in total. The van der Waals surface area contributed by atoms with Gasteiger partial charge in [0.05, 0.1) is 5.69 Å². The Hall–Kier alpha value is -1.87. The van der Waals surface area contributed by atoms with Gasteiger partial charge in [0, 0.05) is 12.7 Å². The highest BCUT2D eigenvalue weighted by molar-refractivity contribution is 5.66. The van der Waals surface area contributed by atoms with Crippen LogP contribution in [-0.4, -0.2) is 13.6 Å². The summed E-state index contributed by atoms with van der Waals surface area (Å²) in [6, 6.07) is 11.5. The molecule has 0 radical (unpaired) electrons. The fourth-order valence-electron chi connectivity index (χ4n) is 2.46. The van der Waals surface area contributed by atoms with Crippen LogP contribution in [0.5, 0.6) is 0 Å². The second kappa shape index (κ2) is 6.06. The zero-order valence-electron chi connectivity index (χ0n) is 12.3. The summed E-state index contributed by atoms with van der Waals surface area (Å²) in [7, 11) is 1.89. The standard InChI is InChI=1S/C17H21FN2/c1-12-4-6-16(13(2)10-12)20(3)17-7-5-14(8-9-19)11-15(17)18/h4-7,10-11H,8-9,19H2,1-3H3. The topological polar surface area (TPSA) is 29.3 Å². The number of nitrogens with zero attached hydrogens (tertiary/aromatic N) is 1. The van der Waals surface area contributed by atoms with Crippen LogP contribution in [0.3, 0.4) is 0 Å². The molecule has 0 unspecified atom stereocenters. The molecule has 2 aromatic rings. The minimum absolute atomic E-state index is 0.210. The van der Waals surface area contributed by atoms with E-state index in [0.29, 0.717) is 18.7 Å². The van der Waals surface area contributed by atoms with Crippen molar-refractivity contribution in [1.82, 2.24) is 0 Å². The molecule has 0 fully saturated rings. The van der Waals surface area contributed by atoms with Crippen LogP contribution in [0.1, 0.15) is 16.7 Å².